The fourth-order valence-electron chi connectivity index (χ4n) is 2.04. The van der Waals surface area contributed by atoms with Crippen LogP contribution in [0.1, 0.15) is 37.7 Å². The largest absolute Gasteiger partial charge is 0.445 e. The lowest BCUT2D eigenvalue weighted by molar-refractivity contribution is 0.135. The summed E-state index contributed by atoms with van der Waals surface area (Å²) in [5, 5.41) is 2.90. The number of hydrogen-bond acceptors (Lipinski definition) is 2. The Morgan fingerprint density at radius 2 is 2.05 bits per heavy atom. The van der Waals surface area contributed by atoms with Crippen LogP contribution in [0.4, 0.5) is 4.79 Å². The second kappa shape index (κ2) is 11.2. The highest BCUT2D eigenvalue weighted by Gasteiger charge is 2.11. The topological polar surface area (TPSA) is 38.3 Å². The van der Waals surface area contributed by atoms with Gasteiger partial charge in [0.05, 0.1) is 0 Å². The maximum Gasteiger partial charge on any atom is 0.407 e. The summed E-state index contributed by atoms with van der Waals surface area (Å²) in [7, 11) is 0. The third-order valence-corrected chi connectivity index (χ3v) is 3.44. The van der Waals surface area contributed by atoms with Crippen LogP contribution in [0.3, 0.4) is 0 Å². The Kier molecular flexibility index (Phi) is 9.38. The van der Waals surface area contributed by atoms with Gasteiger partial charge in [0, 0.05) is 11.9 Å². The second-order valence-electron chi connectivity index (χ2n) is 4.97. The van der Waals surface area contributed by atoms with Crippen molar-refractivity contribution in [1.82, 2.24) is 5.32 Å². The van der Waals surface area contributed by atoms with Crippen molar-refractivity contribution in [2.75, 3.05) is 5.88 Å². The molecule has 21 heavy (non-hydrogen) atoms. The molecule has 3 nitrogen and oxygen atoms in total. The minimum absolute atomic E-state index is 0.0844. The first-order valence-electron chi connectivity index (χ1n) is 7.40. The molecule has 0 bridgehead atoms. The van der Waals surface area contributed by atoms with Gasteiger partial charge in [-0.3, -0.25) is 0 Å². The number of ether oxygens (including phenoxy) is 1. The van der Waals surface area contributed by atoms with Crippen LogP contribution in [0.2, 0.25) is 0 Å². The number of carbonyl (C=O) groups is 1. The molecule has 1 aromatic carbocycles. The normalized spacial score (nSPS) is 11.7. The molecular formula is C17H24ClNO2. The molecule has 1 amide bonds. The molecule has 0 fully saturated rings. The van der Waals surface area contributed by atoms with Crippen LogP contribution in [0.15, 0.2) is 43.0 Å². The third kappa shape index (κ3) is 8.41. The number of halogens is 1. The first kappa shape index (κ1) is 17.6. The van der Waals surface area contributed by atoms with Crippen molar-refractivity contribution < 1.29 is 9.53 Å². The van der Waals surface area contributed by atoms with Gasteiger partial charge in [-0.1, -0.05) is 49.2 Å². The van der Waals surface area contributed by atoms with Crippen molar-refractivity contribution in [3.63, 3.8) is 0 Å². The van der Waals surface area contributed by atoms with Crippen molar-refractivity contribution in [3.05, 3.63) is 48.6 Å². The van der Waals surface area contributed by atoms with E-state index >= 15 is 0 Å². The van der Waals surface area contributed by atoms with Gasteiger partial charge in [-0.15, -0.1) is 18.2 Å². The van der Waals surface area contributed by atoms with Crippen molar-refractivity contribution >= 4 is 17.7 Å². The Bertz CT molecular complexity index is 409. The average molecular weight is 310 g/mol. The van der Waals surface area contributed by atoms with E-state index in [0.717, 1.165) is 37.7 Å². The molecule has 0 aliphatic carbocycles. The van der Waals surface area contributed by atoms with E-state index in [1.807, 2.05) is 36.4 Å². The van der Waals surface area contributed by atoms with Gasteiger partial charge in [0.2, 0.25) is 0 Å². The molecule has 1 rings (SSSR count). The summed E-state index contributed by atoms with van der Waals surface area (Å²) in [5.41, 5.74) is 0.982. The predicted octanol–water partition coefficient (Wildman–Crippen LogP) is 4.66. The quantitative estimate of drug-likeness (QED) is 0.388. The molecule has 0 aliphatic rings. The number of alkyl halides is 1. The van der Waals surface area contributed by atoms with Crippen LogP contribution < -0.4 is 5.32 Å². The number of unbranched alkanes of at least 4 members (excludes halogenated alkanes) is 2. The van der Waals surface area contributed by atoms with Crippen LogP contribution in [0, 0.1) is 0 Å². The van der Waals surface area contributed by atoms with E-state index in [1.54, 1.807) is 0 Å². The second-order valence-corrected chi connectivity index (χ2v) is 5.34. The summed E-state index contributed by atoms with van der Waals surface area (Å²) in [6.07, 6.45) is 6.26. The summed E-state index contributed by atoms with van der Waals surface area (Å²) in [6, 6.07) is 9.73. The highest BCUT2D eigenvalue weighted by Crippen LogP contribution is 2.09. The predicted molar refractivity (Wildman–Crippen MR) is 87.6 cm³/mol. The number of hydrogen-bond donors (Lipinski definition) is 1. The minimum atomic E-state index is -0.372. The summed E-state index contributed by atoms with van der Waals surface area (Å²) < 4.78 is 5.23. The molecule has 0 spiro atoms. The monoisotopic (exact) mass is 309 g/mol. The van der Waals surface area contributed by atoms with E-state index in [-0.39, 0.29) is 12.1 Å². The summed E-state index contributed by atoms with van der Waals surface area (Å²) in [6.45, 7) is 4.02. The van der Waals surface area contributed by atoms with Gasteiger partial charge in [-0.25, -0.2) is 4.79 Å². The first-order chi connectivity index (χ1) is 10.3. The maximum atomic E-state index is 11.8. The van der Waals surface area contributed by atoms with Crippen LogP contribution in [0.25, 0.3) is 0 Å². The number of nitrogens with one attached hydrogen (secondary N) is 1. The van der Waals surface area contributed by atoms with Crippen molar-refractivity contribution in [3.8, 4) is 0 Å². The van der Waals surface area contributed by atoms with Crippen LogP contribution in [0.5, 0.6) is 0 Å². The van der Waals surface area contributed by atoms with Gasteiger partial charge >= 0.3 is 6.09 Å². The Labute approximate surface area is 132 Å². The number of benzene rings is 1. The lowest BCUT2D eigenvalue weighted by atomic mass is 10.1. The van der Waals surface area contributed by atoms with E-state index in [9.17, 15) is 4.79 Å². The van der Waals surface area contributed by atoms with Crippen LogP contribution in [-0.2, 0) is 11.3 Å². The molecule has 1 N–H and O–H groups in total. The standard InChI is InChI=1S/C17H24ClNO2/c1-2-9-16(12-7-4-8-13-18)19-17(20)21-14-15-10-5-3-6-11-15/h2-3,5-6,10-11,16H,1,4,7-9,12-14H2,(H,19,20)/t16-/m1/s1. The number of carbonyl (C=O) groups excluding carboxylic acids is 1. The lowest BCUT2D eigenvalue weighted by Gasteiger charge is -2.17. The Balaban J connectivity index is 2.29. The smallest absolute Gasteiger partial charge is 0.407 e. The molecule has 0 heterocycles. The van der Waals surface area contributed by atoms with E-state index in [1.165, 1.54) is 0 Å². The van der Waals surface area contributed by atoms with E-state index in [4.69, 9.17) is 16.3 Å². The molecule has 0 radical (unpaired) electrons. The van der Waals surface area contributed by atoms with Crippen molar-refractivity contribution in [2.45, 2.75) is 44.8 Å². The molecule has 4 heteroatoms. The van der Waals surface area contributed by atoms with Gasteiger partial charge in [-0.05, 0) is 24.8 Å². The van der Waals surface area contributed by atoms with Crippen molar-refractivity contribution in [2.24, 2.45) is 0 Å². The number of alkyl carbamates (subject to hydrolysis) is 1. The molecule has 0 saturated carbocycles. The number of amides is 1. The molecule has 0 aliphatic heterocycles. The molecule has 1 aromatic rings. The van der Waals surface area contributed by atoms with Crippen LogP contribution in [-0.4, -0.2) is 18.0 Å². The fraction of sp³-hybridized carbons (Fsp3) is 0.471. The lowest BCUT2D eigenvalue weighted by Crippen LogP contribution is -2.34. The molecule has 0 aromatic heterocycles. The maximum absolute atomic E-state index is 11.8. The zero-order chi connectivity index (χ0) is 15.3. The van der Waals surface area contributed by atoms with Gasteiger partial charge in [0.15, 0.2) is 0 Å². The van der Waals surface area contributed by atoms with Gasteiger partial charge in [0.1, 0.15) is 6.61 Å². The molecule has 0 unspecified atom stereocenters. The minimum Gasteiger partial charge on any atom is -0.445 e. The summed E-state index contributed by atoms with van der Waals surface area (Å²) >= 11 is 5.66. The molecule has 1 atom stereocenters. The van der Waals surface area contributed by atoms with E-state index in [0.29, 0.717) is 12.5 Å². The Morgan fingerprint density at radius 3 is 2.71 bits per heavy atom. The van der Waals surface area contributed by atoms with Crippen LogP contribution >= 0.6 is 11.6 Å². The highest BCUT2D eigenvalue weighted by molar-refractivity contribution is 6.17. The van der Waals surface area contributed by atoms with E-state index in [2.05, 4.69) is 11.9 Å². The zero-order valence-corrected chi connectivity index (χ0v) is 13.1. The summed E-state index contributed by atoms with van der Waals surface area (Å²) in [4.78, 5) is 11.8. The molecular weight excluding hydrogens is 286 g/mol. The highest BCUT2D eigenvalue weighted by atomic mass is 35.5. The van der Waals surface area contributed by atoms with Crippen molar-refractivity contribution in [1.29, 1.82) is 0 Å². The SMILES string of the molecule is C=CC[C@H](CCCCCCl)NC(=O)OCc1ccccc1. The molecule has 116 valence electrons. The Hall–Kier alpha value is -1.48. The number of rotatable bonds is 10. The summed E-state index contributed by atoms with van der Waals surface area (Å²) in [5.74, 6) is 0.693. The van der Waals surface area contributed by atoms with Gasteiger partial charge in [0.25, 0.3) is 0 Å². The van der Waals surface area contributed by atoms with Gasteiger partial charge in [-0.2, -0.15) is 0 Å². The van der Waals surface area contributed by atoms with Gasteiger partial charge < -0.3 is 10.1 Å². The third-order valence-electron chi connectivity index (χ3n) is 3.17. The molecule has 0 saturated heterocycles. The average Bonchev–Trinajstić information content (AvgIpc) is 2.51. The Morgan fingerprint density at radius 1 is 1.29 bits per heavy atom. The fourth-order valence-corrected chi connectivity index (χ4v) is 2.23. The first-order valence-corrected chi connectivity index (χ1v) is 7.93. The van der Waals surface area contributed by atoms with E-state index < -0.39 is 0 Å². The zero-order valence-electron chi connectivity index (χ0n) is 12.4.